The number of benzene rings is 2. The quantitative estimate of drug-likeness (QED) is 0.211. The zero-order chi connectivity index (χ0) is 22.4. The fourth-order valence-corrected chi connectivity index (χ4v) is 4.36. The number of aliphatic imine (C=N–C) groups is 1. The van der Waals surface area contributed by atoms with Crippen molar-refractivity contribution in [3.05, 3.63) is 72.0 Å². The summed E-state index contributed by atoms with van der Waals surface area (Å²) in [4.78, 5) is 4.45. The smallest absolute Gasteiger partial charge is 0.191 e. The first-order valence-corrected chi connectivity index (χ1v) is 11.4. The summed E-state index contributed by atoms with van der Waals surface area (Å²) in [5.41, 5.74) is 2.13. The number of nitrogens with one attached hydrogen (secondary N) is 3. The summed E-state index contributed by atoms with van der Waals surface area (Å²) in [5, 5.41) is 12.0. The Kier molecular flexibility index (Phi) is 9.17. The number of furan rings is 1. The van der Waals surface area contributed by atoms with Gasteiger partial charge in [-0.05, 0) is 44.4 Å². The minimum atomic E-state index is -0.0618. The summed E-state index contributed by atoms with van der Waals surface area (Å²) in [7, 11) is 1.80. The molecule has 0 bridgehead atoms. The molecule has 1 fully saturated rings. The molecular weight excluding hydrogens is 527 g/mol. The van der Waals surface area contributed by atoms with Crippen molar-refractivity contribution in [3.63, 3.8) is 0 Å². The van der Waals surface area contributed by atoms with Gasteiger partial charge in [-0.2, -0.15) is 0 Å². The number of hydrogen-bond donors (Lipinski definition) is 3. The first-order chi connectivity index (χ1) is 15.6. The second-order valence-electron chi connectivity index (χ2n) is 8.65. The van der Waals surface area contributed by atoms with Crippen LogP contribution in [0, 0.1) is 0 Å². The van der Waals surface area contributed by atoms with E-state index in [-0.39, 0.29) is 41.6 Å². The van der Waals surface area contributed by atoms with E-state index in [9.17, 15) is 0 Å². The molecule has 1 aromatic heterocycles. The van der Waals surface area contributed by atoms with Crippen LogP contribution >= 0.6 is 24.0 Å². The van der Waals surface area contributed by atoms with E-state index in [2.05, 4.69) is 77.3 Å². The Labute approximate surface area is 213 Å². The molecule has 0 saturated carbocycles. The van der Waals surface area contributed by atoms with Crippen molar-refractivity contribution in [2.75, 3.05) is 26.8 Å². The van der Waals surface area contributed by atoms with Crippen LogP contribution in [-0.4, -0.2) is 38.3 Å². The number of rotatable bonds is 7. The minimum Gasteiger partial charge on any atom is -0.459 e. The molecule has 2 atom stereocenters. The first kappa shape index (κ1) is 25.5. The third-order valence-electron chi connectivity index (χ3n) is 6.31. The zero-order valence-corrected chi connectivity index (χ0v) is 22.0. The van der Waals surface area contributed by atoms with Crippen molar-refractivity contribution in [2.45, 2.75) is 44.3 Å². The molecule has 1 aliphatic heterocycles. The van der Waals surface area contributed by atoms with Crippen LogP contribution in [0.2, 0.25) is 0 Å². The van der Waals surface area contributed by atoms with Gasteiger partial charge in [-0.3, -0.25) is 4.99 Å². The Balaban J connectivity index is 0.00000306. The SMILES string of the molecule is CN=C(NCC1(NC(C)c2ccccc2)CCOCC1)NC(C)c1cc2ccccc2o1.I. The summed E-state index contributed by atoms with van der Waals surface area (Å²) in [6.45, 7) is 6.60. The summed E-state index contributed by atoms with van der Waals surface area (Å²) in [6, 6.07) is 21.0. The van der Waals surface area contributed by atoms with Crippen molar-refractivity contribution in [1.29, 1.82) is 0 Å². The number of hydrogen-bond acceptors (Lipinski definition) is 4. The monoisotopic (exact) mass is 562 g/mol. The fraction of sp³-hybridized carbons (Fsp3) is 0.423. The lowest BCUT2D eigenvalue weighted by molar-refractivity contribution is 0.0354. The maximum Gasteiger partial charge on any atom is 0.191 e. The number of para-hydroxylation sites is 1. The molecule has 6 nitrogen and oxygen atoms in total. The average Bonchev–Trinajstić information content (AvgIpc) is 3.27. The van der Waals surface area contributed by atoms with Gasteiger partial charge in [-0.25, -0.2) is 0 Å². The molecule has 0 amide bonds. The Bertz CT molecular complexity index is 998. The standard InChI is InChI=1S/C26H34N4O2.HI/c1-19(21-9-5-4-6-10-21)30-26(13-15-31-16-14-26)18-28-25(27-3)29-20(2)24-17-22-11-7-8-12-23(22)32-24;/h4-12,17,19-20,30H,13-16,18H2,1-3H3,(H2,27,28,29);1H. The van der Waals surface area contributed by atoms with Crippen molar-refractivity contribution in [1.82, 2.24) is 16.0 Å². The van der Waals surface area contributed by atoms with Crippen LogP contribution < -0.4 is 16.0 Å². The molecule has 3 N–H and O–H groups in total. The maximum atomic E-state index is 6.02. The van der Waals surface area contributed by atoms with Crippen molar-refractivity contribution < 1.29 is 9.15 Å². The van der Waals surface area contributed by atoms with Gasteiger partial charge in [0.15, 0.2) is 5.96 Å². The van der Waals surface area contributed by atoms with Gasteiger partial charge >= 0.3 is 0 Å². The van der Waals surface area contributed by atoms with Crippen LogP contribution in [0.15, 0.2) is 70.1 Å². The highest BCUT2D eigenvalue weighted by Gasteiger charge is 2.34. The molecule has 0 aliphatic carbocycles. The van der Waals surface area contributed by atoms with E-state index in [1.807, 2.05) is 18.2 Å². The molecule has 2 aromatic carbocycles. The summed E-state index contributed by atoms with van der Waals surface area (Å²) < 4.78 is 11.7. The van der Waals surface area contributed by atoms with Crippen LogP contribution in [0.4, 0.5) is 0 Å². The van der Waals surface area contributed by atoms with Crippen molar-refractivity contribution in [3.8, 4) is 0 Å². The predicted octanol–water partition coefficient (Wildman–Crippen LogP) is 5.18. The Morgan fingerprint density at radius 1 is 1.00 bits per heavy atom. The van der Waals surface area contributed by atoms with Gasteiger partial charge in [0.25, 0.3) is 0 Å². The number of halogens is 1. The van der Waals surface area contributed by atoms with Gasteiger partial charge in [-0.15, -0.1) is 24.0 Å². The average molecular weight is 562 g/mol. The Hall–Kier alpha value is -2.10. The molecule has 2 unspecified atom stereocenters. The van der Waals surface area contributed by atoms with E-state index >= 15 is 0 Å². The van der Waals surface area contributed by atoms with Crippen LogP contribution in [0.1, 0.15) is 50.1 Å². The molecule has 178 valence electrons. The van der Waals surface area contributed by atoms with Crippen LogP contribution in [-0.2, 0) is 4.74 Å². The topological polar surface area (TPSA) is 70.8 Å². The van der Waals surface area contributed by atoms with E-state index in [1.165, 1.54) is 5.56 Å². The molecule has 33 heavy (non-hydrogen) atoms. The second kappa shape index (κ2) is 11.9. The Morgan fingerprint density at radius 3 is 2.39 bits per heavy atom. The molecule has 1 aliphatic rings. The molecule has 4 rings (SSSR count). The molecule has 1 saturated heterocycles. The van der Waals surface area contributed by atoms with Crippen LogP contribution in [0.5, 0.6) is 0 Å². The van der Waals surface area contributed by atoms with Crippen molar-refractivity contribution in [2.24, 2.45) is 4.99 Å². The second-order valence-corrected chi connectivity index (χ2v) is 8.65. The van der Waals surface area contributed by atoms with Gasteiger partial charge in [-0.1, -0.05) is 48.5 Å². The normalized spacial score (nSPS) is 17.7. The van der Waals surface area contributed by atoms with E-state index in [1.54, 1.807) is 7.05 Å². The van der Waals surface area contributed by atoms with E-state index in [4.69, 9.17) is 9.15 Å². The lowest BCUT2D eigenvalue weighted by atomic mass is 9.88. The fourth-order valence-electron chi connectivity index (χ4n) is 4.36. The summed E-state index contributed by atoms with van der Waals surface area (Å²) in [6.07, 6.45) is 1.90. The van der Waals surface area contributed by atoms with Crippen molar-refractivity contribution >= 4 is 40.9 Å². The highest BCUT2D eigenvalue weighted by Crippen LogP contribution is 2.26. The van der Waals surface area contributed by atoms with Gasteiger partial charge in [0, 0.05) is 43.8 Å². The van der Waals surface area contributed by atoms with Crippen LogP contribution in [0.3, 0.4) is 0 Å². The van der Waals surface area contributed by atoms with Gasteiger partial charge in [0.1, 0.15) is 11.3 Å². The maximum absolute atomic E-state index is 6.02. The number of nitrogens with zero attached hydrogens (tertiary/aromatic N) is 1. The van der Waals surface area contributed by atoms with E-state index < -0.39 is 0 Å². The van der Waals surface area contributed by atoms with Gasteiger partial charge in [0.05, 0.1) is 6.04 Å². The first-order valence-electron chi connectivity index (χ1n) is 11.4. The number of ether oxygens (including phenoxy) is 1. The largest absolute Gasteiger partial charge is 0.459 e. The van der Waals surface area contributed by atoms with E-state index in [0.717, 1.165) is 55.3 Å². The third-order valence-corrected chi connectivity index (χ3v) is 6.31. The Morgan fingerprint density at radius 2 is 1.70 bits per heavy atom. The molecule has 0 radical (unpaired) electrons. The van der Waals surface area contributed by atoms with E-state index in [0.29, 0.717) is 0 Å². The minimum absolute atomic E-state index is 0. The number of fused-ring (bicyclic) bond motifs is 1. The molecule has 2 heterocycles. The van der Waals surface area contributed by atoms with Gasteiger partial charge < -0.3 is 25.1 Å². The highest BCUT2D eigenvalue weighted by molar-refractivity contribution is 14.0. The zero-order valence-electron chi connectivity index (χ0n) is 19.6. The van der Waals surface area contributed by atoms with Crippen LogP contribution in [0.25, 0.3) is 11.0 Å². The number of guanidine groups is 1. The predicted molar refractivity (Wildman–Crippen MR) is 145 cm³/mol. The van der Waals surface area contributed by atoms with Gasteiger partial charge in [0.2, 0.25) is 0 Å². The molecule has 7 heteroatoms. The highest BCUT2D eigenvalue weighted by atomic mass is 127. The molecule has 0 spiro atoms. The molecule has 3 aromatic rings. The summed E-state index contributed by atoms with van der Waals surface area (Å²) >= 11 is 0. The molecular formula is C26H35IN4O2. The lowest BCUT2D eigenvalue weighted by Crippen LogP contribution is -2.58. The third kappa shape index (κ3) is 6.49. The lowest BCUT2D eigenvalue weighted by Gasteiger charge is -2.41. The summed E-state index contributed by atoms with van der Waals surface area (Å²) in [5.74, 6) is 1.66.